The maximum Gasteiger partial charge on any atom is 0.314 e. The van der Waals surface area contributed by atoms with Crippen molar-refractivity contribution in [2.75, 3.05) is 6.61 Å². The van der Waals surface area contributed by atoms with Gasteiger partial charge in [-0.05, 0) is 86.4 Å². The van der Waals surface area contributed by atoms with Crippen molar-refractivity contribution >= 4 is 12.0 Å². The predicted molar refractivity (Wildman–Crippen MR) is 134 cm³/mol. The summed E-state index contributed by atoms with van der Waals surface area (Å²) >= 11 is 0. The molecule has 0 amide bonds. The van der Waals surface area contributed by atoms with Crippen molar-refractivity contribution in [3.8, 4) is 22.6 Å². The van der Waals surface area contributed by atoms with Gasteiger partial charge in [0.1, 0.15) is 0 Å². The fourth-order valence-corrected chi connectivity index (χ4v) is 4.70. The van der Waals surface area contributed by atoms with Gasteiger partial charge in [0.25, 0.3) is 0 Å². The quantitative estimate of drug-likeness (QED) is 0.246. The van der Waals surface area contributed by atoms with Crippen molar-refractivity contribution < 1.29 is 27.4 Å². The number of carbonyl (C=O) groups excluding carboxylic acids is 1. The van der Waals surface area contributed by atoms with Gasteiger partial charge in [0.2, 0.25) is 5.82 Å². The van der Waals surface area contributed by atoms with Gasteiger partial charge in [0.15, 0.2) is 23.1 Å². The Hall–Kier alpha value is -3.54. The minimum Gasteiger partial charge on any atom is -0.491 e. The van der Waals surface area contributed by atoms with Gasteiger partial charge in [0, 0.05) is 5.56 Å². The first-order valence-corrected chi connectivity index (χ1v) is 12.3. The average Bonchev–Trinajstić information content (AvgIpc) is 2.89. The van der Waals surface area contributed by atoms with Crippen molar-refractivity contribution in [3.63, 3.8) is 0 Å². The number of esters is 1. The third-order valence-corrected chi connectivity index (χ3v) is 6.63. The summed E-state index contributed by atoms with van der Waals surface area (Å²) in [5.41, 5.74) is 2.45. The second kappa shape index (κ2) is 11.5. The molecule has 6 heteroatoms. The Morgan fingerprint density at radius 2 is 1.61 bits per heavy atom. The Bertz CT molecular complexity index is 1240. The Morgan fingerprint density at radius 1 is 0.917 bits per heavy atom. The molecule has 3 aromatic rings. The van der Waals surface area contributed by atoms with Crippen LogP contribution >= 0.6 is 0 Å². The number of hydrogen-bond acceptors (Lipinski definition) is 3. The lowest BCUT2D eigenvalue weighted by molar-refractivity contribution is -0.140. The van der Waals surface area contributed by atoms with Crippen molar-refractivity contribution in [1.29, 1.82) is 0 Å². The van der Waals surface area contributed by atoms with E-state index in [0.717, 1.165) is 11.1 Å². The fraction of sp³-hybridized carbons (Fsp3) is 0.300. The average molecular weight is 495 g/mol. The highest BCUT2D eigenvalue weighted by Gasteiger charge is 2.30. The second-order valence-electron chi connectivity index (χ2n) is 8.95. The number of halogens is 3. The molecule has 0 spiro atoms. The second-order valence-corrected chi connectivity index (χ2v) is 8.95. The van der Waals surface area contributed by atoms with Crippen LogP contribution in [0, 0.1) is 23.4 Å². The molecule has 0 saturated heterocycles. The Morgan fingerprint density at radius 3 is 2.25 bits per heavy atom. The first kappa shape index (κ1) is 25.5. The molecule has 4 rings (SSSR count). The maximum absolute atomic E-state index is 14.8. The fourth-order valence-electron chi connectivity index (χ4n) is 4.70. The smallest absolute Gasteiger partial charge is 0.314 e. The summed E-state index contributed by atoms with van der Waals surface area (Å²) in [5.74, 6) is -3.70. The van der Waals surface area contributed by atoms with Crippen LogP contribution in [-0.2, 0) is 4.79 Å². The van der Waals surface area contributed by atoms with Crippen LogP contribution < -0.4 is 9.47 Å². The Balaban J connectivity index is 1.39. The molecule has 3 nitrogen and oxygen atoms in total. The monoisotopic (exact) mass is 494 g/mol. The summed E-state index contributed by atoms with van der Waals surface area (Å²) < 4.78 is 54.3. The molecule has 0 radical (unpaired) electrons. The molecule has 0 bridgehead atoms. The molecular weight excluding hydrogens is 465 g/mol. The zero-order valence-corrected chi connectivity index (χ0v) is 20.4. The van der Waals surface area contributed by atoms with Crippen molar-refractivity contribution in [2.45, 2.75) is 45.4 Å². The van der Waals surface area contributed by atoms with Crippen LogP contribution in [0.4, 0.5) is 13.2 Å². The highest BCUT2D eigenvalue weighted by molar-refractivity contribution is 5.76. The van der Waals surface area contributed by atoms with Gasteiger partial charge >= 0.3 is 5.97 Å². The van der Waals surface area contributed by atoms with E-state index in [4.69, 9.17) is 9.47 Å². The first-order chi connectivity index (χ1) is 17.4. The van der Waals surface area contributed by atoms with Crippen LogP contribution in [0.2, 0.25) is 0 Å². The predicted octanol–water partition coefficient (Wildman–Crippen LogP) is 8.08. The number of allylic oxidation sites excluding steroid dienone is 1. The molecule has 1 aliphatic carbocycles. The molecule has 0 unspecified atom stereocenters. The van der Waals surface area contributed by atoms with Gasteiger partial charge in [-0.2, -0.15) is 4.39 Å². The van der Waals surface area contributed by atoms with Crippen molar-refractivity contribution in [3.05, 3.63) is 89.3 Å². The lowest BCUT2D eigenvalue weighted by Gasteiger charge is -2.27. The van der Waals surface area contributed by atoms with Crippen LogP contribution in [-0.4, -0.2) is 12.6 Å². The molecule has 0 atom stereocenters. The van der Waals surface area contributed by atoms with E-state index >= 15 is 0 Å². The minimum absolute atomic E-state index is 0.0995. The minimum atomic E-state index is -1.18. The van der Waals surface area contributed by atoms with E-state index in [0.29, 0.717) is 37.9 Å². The highest BCUT2D eigenvalue weighted by Crippen LogP contribution is 2.38. The molecular formula is C30H29F3O3. The van der Waals surface area contributed by atoms with Gasteiger partial charge in [-0.25, -0.2) is 8.78 Å². The third kappa shape index (κ3) is 5.64. The van der Waals surface area contributed by atoms with Gasteiger partial charge in [-0.15, -0.1) is 0 Å². The topological polar surface area (TPSA) is 35.5 Å². The summed E-state index contributed by atoms with van der Waals surface area (Å²) in [6.45, 7) is 4.09. The van der Waals surface area contributed by atoms with Crippen LogP contribution in [0.3, 0.4) is 0 Å². The summed E-state index contributed by atoms with van der Waals surface area (Å²) in [6.07, 6.45) is 6.20. The van der Waals surface area contributed by atoms with E-state index in [1.807, 2.05) is 37.3 Å². The van der Waals surface area contributed by atoms with Gasteiger partial charge in [0.05, 0.1) is 12.5 Å². The van der Waals surface area contributed by atoms with E-state index < -0.39 is 35.1 Å². The zero-order valence-electron chi connectivity index (χ0n) is 20.4. The van der Waals surface area contributed by atoms with Gasteiger partial charge in [-0.1, -0.05) is 42.5 Å². The molecule has 188 valence electrons. The molecule has 1 saturated carbocycles. The Labute approximate surface area is 209 Å². The maximum atomic E-state index is 14.8. The van der Waals surface area contributed by atoms with E-state index in [9.17, 15) is 18.0 Å². The van der Waals surface area contributed by atoms with Crippen molar-refractivity contribution in [1.82, 2.24) is 0 Å². The number of rotatable bonds is 7. The summed E-state index contributed by atoms with van der Waals surface area (Å²) in [7, 11) is 0. The number of hydrogen-bond donors (Lipinski definition) is 0. The van der Waals surface area contributed by atoms with Crippen molar-refractivity contribution in [2.24, 2.45) is 5.92 Å². The highest BCUT2D eigenvalue weighted by atomic mass is 19.2. The lowest BCUT2D eigenvalue weighted by atomic mass is 9.78. The number of benzene rings is 3. The normalized spacial score (nSPS) is 17.8. The van der Waals surface area contributed by atoms with E-state index in [1.165, 1.54) is 18.2 Å². The van der Waals surface area contributed by atoms with Crippen LogP contribution in [0.25, 0.3) is 17.2 Å². The van der Waals surface area contributed by atoms with Crippen LogP contribution in [0.15, 0.2) is 60.7 Å². The van der Waals surface area contributed by atoms with Crippen LogP contribution in [0.5, 0.6) is 11.5 Å². The molecule has 0 aromatic heterocycles. The molecule has 0 N–H and O–H groups in total. The zero-order chi connectivity index (χ0) is 25.7. The molecule has 1 aliphatic rings. The molecule has 0 heterocycles. The lowest BCUT2D eigenvalue weighted by Crippen LogP contribution is -2.25. The molecule has 36 heavy (non-hydrogen) atoms. The largest absolute Gasteiger partial charge is 0.491 e. The SMILES string of the molecule is C/C=C/c1ccc(-c2ccc(OC(=O)C3CCC(c4ccc(OCC)c(F)c4)CC3)c(F)c2F)cc1. The summed E-state index contributed by atoms with van der Waals surface area (Å²) in [6, 6.07) is 14.8. The summed E-state index contributed by atoms with van der Waals surface area (Å²) in [5, 5.41) is 0. The van der Waals surface area contributed by atoms with E-state index in [-0.39, 0.29) is 17.2 Å². The molecule has 0 aliphatic heterocycles. The van der Waals surface area contributed by atoms with Gasteiger partial charge in [-0.3, -0.25) is 4.79 Å². The van der Waals surface area contributed by atoms with E-state index in [1.54, 1.807) is 25.1 Å². The number of ether oxygens (including phenoxy) is 2. The van der Waals surface area contributed by atoms with Gasteiger partial charge < -0.3 is 9.47 Å². The Kier molecular flexibility index (Phi) is 8.14. The molecule has 1 fully saturated rings. The third-order valence-electron chi connectivity index (χ3n) is 6.63. The van der Waals surface area contributed by atoms with Crippen LogP contribution in [0.1, 0.15) is 56.6 Å². The van der Waals surface area contributed by atoms with E-state index in [2.05, 4.69) is 0 Å². The molecule has 3 aromatic carbocycles. The summed E-state index contributed by atoms with van der Waals surface area (Å²) in [4.78, 5) is 12.7. The standard InChI is InChI=1S/C30H29F3O3/c1-3-5-19-6-8-21(9-7-19)24-15-17-27(29(33)28(24)32)36-30(34)22-12-10-20(11-13-22)23-14-16-26(35-4-2)25(31)18-23/h3,5-9,14-18,20,22H,4,10-13H2,1-2H3/b5-3+. The first-order valence-electron chi connectivity index (χ1n) is 12.3. The number of carbonyl (C=O) groups is 1.